The number of hydrogen-bond donors (Lipinski definition) is 2. The van der Waals surface area contributed by atoms with E-state index in [-0.39, 0.29) is 18.4 Å². The summed E-state index contributed by atoms with van der Waals surface area (Å²) in [5.74, 6) is 0.586. The first kappa shape index (κ1) is 19.0. The van der Waals surface area contributed by atoms with Crippen molar-refractivity contribution < 1.29 is 14.7 Å². The van der Waals surface area contributed by atoms with Crippen LogP contribution in [0.5, 0.6) is 0 Å². The highest BCUT2D eigenvalue weighted by atomic mass is 32.1. The van der Waals surface area contributed by atoms with Crippen LogP contribution >= 0.6 is 22.9 Å². The van der Waals surface area contributed by atoms with Crippen molar-refractivity contribution in [1.82, 2.24) is 19.6 Å². The van der Waals surface area contributed by atoms with Crippen LogP contribution in [0.2, 0.25) is 0 Å². The van der Waals surface area contributed by atoms with Gasteiger partial charge in [0.1, 0.15) is 10.7 Å². The third-order valence-corrected chi connectivity index (χ3v) is 6.97. The van der Waals surface area contributed by atoms with Crippen LogP contribution in [0.3, 0.4) is 0 Å². The van der Waals surface area contributed by atoms with Gasteiger partial charge in [-0.15, -0.1) is 11.3 Å². The van der Waals surface area contributed by atoms with E-state index in [2.05, 4.69) is 25.6 Å². The molecule has 7 nitrogen and oxygen atoms in total. The number of nitrogens with zero attached hydrogens (tertiary/aromatic N) is 3. The predicted molar refractivity (Wildman–Crippen MR) is 110 cm³/mol. The molecule has 2 aromatic heterocycles. The van der Waals surface area contributed by atoms with Gasteiger partial charge in [0, 0.05) is 35.1 Å². The van der Waals surface area contributed by atoms with Crippen molar-refractivity contribution in [3.63, 3.8) is 0 Å². The zero-order valence-electron chi connectivity index (χ0n) is 15.1. The number of thiazole rings is 1. The molecule has 146 valence electrons. The maximum Gasteiger partial charge on any atom is 0.290 e. The molecule has 3 saturated heterocycles. The van der Waals surface area contributed by atoms with Crippen LogP contribution in [-0.4, -0.2) is 57.4 Å². The van der Waals surface area contributed by atoms with Crippen LogP contribution in [0.15, 0.2) is 29.8 Å². The minimum absolute atomic E-state index is 0.0352. The van der Waals surface area contributed by atoms with Gasteiger partial charge in [0.15, 0.2) is 0 Å². The highest BCUT2D eigenvalue weighted by molar-refractivity contribution is 7.14. The van der Waals surface area contributed by atoms with Crippen LogP contribution in [0, 0.1) is 5.92 Å². The van der Waals surface area contributed by atoms with Crippen LogP contribution < -0.4 is 5.32 Å². The number of fused-ring (bicyclic) bond motifs is 4. The van der Waals surface area contributed by atoms with Gasteiger partial charge in [-0.05, 0) is 49.4 Å². The second-order valence-electron chi connectivity index (χ2n) is 6.90. The highest BCUT2D eigenvalue weighted by Crippen LogP contribution is 2.31. The molecular weight excluding hydrogens is 396 g/mol. The van der Waals surface area contributed by atoms with Gasteiger partial charge in [-0.3, -0.25) is 9.59 Å². The lowest BCUT2D eigenvalue weighted by Gasteiger charge is -2.44. The average Bonchev–Trinajstić information content (AvgIpc) is 3.39. The number of amides is 1. The van der Waals surface area contributed by atoms with Crippen LogP contribution in [0.4, 0.5) is 0 Å². The van der Waals surface area contributed by atoms with E-state index in [4.69, 9.17) is 9.90 Å². The van der Waals surface area contributed by atoms with E-state index in [1.54, 1.807) is 11.3 Å². The Morgan fingerprint density at radius 2 is 2.11 bits per heavy atom. The maximum absolute atomic E-state index is 12.8. The molecule has 1 amide bonds. The van der Waals surface area contributed by atoms with Gasteiger partial charge in [0.2, 0.25) is 0 Å². The minimum Gasteiger partial charge on any atom is -0.483 e. The fourth-order valence-electron chi connectivity index (χ4n) is 3.97. The molecule has 3 aliphatic rings. The molecule has 3 aliphatic heterocycles. The first-order valence-electron chi connectivity index (χ1n) is 9.10. The van der Waals surface area contributed by atoms with Crippen molar-refractivity contribution in [2.45, 2.75) is 18.9 Å². The molecule has 0 saturated carbocycles. The number of nitrogens with one attached hydrogen (secondary N) is 1. The number of piperidine rings is 3. The molecule has 2 bridgehead atoms. The van der Waals surface area contributed by atoms with Gasteiger partial charge >= 0.3 is 0 Å². The molecule has 2 N–H and O–H groups in total. The third kappa shape index (κ3) is 3.78. The Morgan fingerprint density at radius 1 is 1.32 bits per heavy atom. The summed E-state index contributed by atoms with van der Waals surface area (Å²) < 4.78 is 5.48. The molecule has 5 heterocycles. The minimum atomic E-state index is -0.250. The van der Waals surface area contributed by atoms with Crippen molar-refractivity contribution in [2.24, 2.45) is 5.92 Å². The van der Waals surface area contributed by atoms with Gasteiger partial charge in [-0.25, -0.2) is 4.98 Å². The summed E-state index contributed by atoms with van der Waals surface area (Å²) in [6, 6.07) is 6.37. The number of carbonyl (C=O) groups is 2. The Hall–Kier alpha value is -2.36. The predicted octanol–water partition coefficient (Wildman–Crippen LogP) is 2.94. The van der Waals surface area contributed by atoms with E-state index >= 15 is 0 Å². The van der Waals surface area contributed by atoms with E-state index in [1.165, 1.54) is 37.5 Å². The van der Waals surface area contributed by atoms with E-state index in [0.717, 1.165) is 27.2 Å². The highest BCUT2D eigenvalue weighted by Gasteiger charge is 2.35. The second kappa shape index (κ2) is 8.34. The lowest BCUT2D eigenvalue weighted by Crippen LogP contribution is -2.57. The Balaban J connectivity index is 0.000000604. The number of rotatable bonds is 3. The van der Waals surface area contributed by atoms with Crippen molar-refractivity contribution in [3.8, 4) is 10.6 Å². The molecule has 3 aromatic rings. The molecule has 3 fully saturated rings. The van der Waals surface area contributed by atoms with Crippen LogP contribution in [0.25, 0.3) is 20.7 Å². The van der Waals surface area contributed by atoms with Crippen molar-refractivity contribution in [3.05, 3.63) is 35.5 Å². The zero-order valence-corrected chi connectivity index (χ0v) is 16.7. The molecule has 1 atom stereocenters. The summed E-state index contributed by atoms with van der Waals surface area (Å²) >= 11 is 3.00. The average molecular weight is 417 g/mol. The summed E-state index contributed by atoms with van der Waals surface area (Å²) in [5.41, 5.74) is 1.64. The van der Waals surface area contributed by atoms with Crippen molar-refractivity contribution in [1.29, 1.82) is 0 Å². The molecule has 0 unspecified atom stereocenters. The van der Waals surface area contributed by atoms with Gasteiger partial charge < -0.3 is 15.3 Å². The summed E-state index contributed by atoms with van der Waals surface area (Å²) in [4.78, 5) is 27.9. The molecule has 1 aromatic carbocycles. The van der Waals surface area contributed by atoms with Gasteiger partial charge in [0.05, 0.1) is 4.70 Å². The lowest BCUT2D eigenvalue weighted by atomic mass is 9.84. The summed E-state index contributed by atoms with van der Waals surface area (Å²) in [7, 11) is 0. The number of aromatic nitrogens is 2. The molecule has 0 spiro atoms. The van der Waals surface area contributed by atoms with Crippen LogP contribution in [-0.2, 0) is 4.79 Å². The van der Waals surface area contributed by atoms with Gasteiger partial charge in [-0.2, -0.15) is 4.37 Å². The van der Waals surface area contributed by atoms with E-state index < -0.39 is 0 Å². The zero-order chi connectivity index (χ0) is 19.5. The first-order chi connectivity index (χ1) is 13.7. The first-order valence-corrected chi connectivity index (χ1v) is 10.7. The Morgan fingerprint density at radius 3 is 2.75 bits per heavy atom. The van der Waals surface area contributed by atoms with Gasteiger partial charge in [-0.1, -0.05) is 12.1 Å². The number of benzene rings is 1. The normalized spacial score (nSPS) is 23.1. The van der Waals surface area contributed by atoms with Crippen molar-refractivity contribution in [2.75, 3.05) is 19.6 Å². The topological polar surface area (TPSA) is 95.4 Å². The van der Waals surface area contributed by atoms with Crippen LogP contribution in [0.1, 0.15) is 23.3 Å². The summed E-state index contributed by atoms with van der Waals surface area (Å²) in [6.45, 7) is 3.08. The Kier molecular flexibility index (Phi) is 5.65. The molecule has 6 rings (SSSR count). The quantitative estimate of drug-likeness (QED) is 0.638. The number of carboxylic acid groups (broad SMARTS) is 1. The summed E-state index contributed by atoms with van der Waals surface area (Å²) in [6.07, 6.45) is 4.20. The molecule has 0 radical (unpaired) electrons. The molecular formula is C19H20N4O3S2. The van der Waals surface area contributed by atoms with Crippen molar-refractivity contribution >= 4 is 45.3 Å². The Labute approximate surface area is 170 Å². The second-order valence-corrected chi connectivity index (χ2v) is 8.60. The lowest BCUT2D eigenvalue weighted by molar-refractivity contribution is -0.122. The Bertz CT molecular complexity index is 965. The maximum atomic E-state index is 12.8. The molecule has 28 heavy (non-hydrogen) atoms. The summed E-state index contributed by atoms with van der Waals surface area (Å²) in [5, 5.41) is 14.0. The number of carbonyl (C=O) groups excluding carboxylic acids is 1. The van der Waals surface area contributed by atoms with E-state index in [0.29, 0.717) is 11.6 Å². The molecule has 0 aliphatic carbocycles. The standard InChI is InChI=1S/C18H18N4OS2.CH2O2/c23-17(20-14-10-22-6-3-11(14)4-7-22)16-13-2-1-12(9-15(13)25-21-16)18-19-5-8-24-18;2-1-3/h1-2,5,8-9,11,14H,3-4,6-7,10H2,(H,20,23);1H,(H,2,3)/t14-;/m1./s1. The fourth-order valence-corrected chi connectivity index (χ4v) is 5.41. The SMILES string of the molecule is O=C(N[C@@H]1CN2CCC1CC2)c1nsc2cc(-c3nccs3)ccc12.O=CO. The largest absolute Gasteiger partial charge is 0.483 e. The third-order valence-electron chi connectivity index (χ3n) is 5.34. The smallest absolute Gasteiger partial charge is 0.290 e. The monoisotopic (exact) mass is 416 g/mol. The van der Waals surface area contributed by atoms with E-state index in [9.17, 15) is 4.79 Å². The van der Waals surface area contributed by atoms with Gasteiger partial charge in [0.25, 0.3) is 12.4 Å². The number of hydrogen-bond acceptors (Lipinski definition) is 7. The fraction of sp³-hybridized carbons (Fsp3) is 0.368. The molecule has 9 heteroatoms. The van der Waals surface area contributed by atoms with E-state index in [1.807, 2.05) is 23.7 Å².